The number of rotatable bonds is 2. The maximum Gasteiger partial charge on any atom is 0.209 e. The Kier molecular flexibility index (Phi) is 4.85. The van der Waals surface area contributed by atoms with Gasteiger partial charge in [-0.1, -0.05) is 68.5 Å². The van der Waals surface area contributed by atoms with Gasteiger partial charge in [0.1, 0.15) is 7.05 Å². The van der Waals surface area contributed by atoms with Gasteiger partial charge < -0.3 is 4.90 Å². The van der Waals surface area contributed by atoms with Crippen LogP contribution in [0.4, 0.5) is 11.4 Å². The molecule has 0 amide bonds. The van der Waals surface area contributed by atoms with Gasteiger partial charge in [0.05, 0.1) is 5.41 Å². The smallest absolute Gasteiger partial charge is 0.209 e. The zero-order valence-corrected chi connectivity index (χ0v) is 21.4. The summed E-state index contributed by atoms with van der Waals surface area (Å²) in [6.07, 6.45) is 4.66. The second kappa shape index (κ2) is 7.16. The fraction of sp³-hybridized carbons (Fsp3) is 0.357. The van der Waals surface area contributed by atoms with Crippen molar-refractivity contribution in [1.82, 2.24) is 0 Å². The van der Waals surface area contributed by atoms with Gasteiger partial charge in [0.15, 0.2) is 5.71 Å². The summed E-state index contributed by atoms with van der Waals surface area (Å²) < 4.78 is 2.31. The normalized spacial score (nSPS) is 27.7. The molecule has 0 spiro atoms. The number of likely N-dealkylation sites (N-methyl/N-ethyl adjacent to an activating group) is 1. The van der Waals surface area contributed by atoms with Gasteiger partial charge in [-0.2, -0.15) is 17.2 Å². The minimum atomic E-state index is -0.0552. The summed E-state index contributed by atoms with van der Waals surface area (Å²) in [5.74, 6) is 0.170. The zero-order chi connectivity index (χ0) is 23.0. The summed E-state index contributed by atoms with van der Waals surface area (Å²) in [4.78, 5) is 3.34. The predicted molar refractivity (Wildman–Crippen MR) is 143 cm³/mol. The molecule has 2 aromatic rings. The molecule has 2 unspecified atom stereocenters. The molecule has 1 fully saturated rings. The number of allylic oxidation sites excluding steroid dienone is 3. The molecule has 32 heavy (non-hydrogen) atoms. The number of para-hydroxylation sites is 2. The van der Waals surface area contributed by atoms with E-state index in [9.17, 15) is 0 Å². The molecule has 1 aliphatic carbocycles. The van der Waals surface area contributed by atoms with Gasteiger partial charge in [0.2, 0.25) is 5.69 Å². The Morgan fingerprint density at radius 1 is 0.969 bits per heavy atom. The lowest BCUT2D eigenvalue weighted by molar-refractivity contribution is -0.401. The van der Waals surface area contributed by atoms with Crippen LogP contribution >= 0.6 is 24.8 Å². The SMILES string of the molecule is CN1C(=CC2C(=S)C(=CC3=[N+](C)c4ccccc4C3(C)C)C2S)C(C)(C)c2ccccc21. The summed E-state index contributed by atoms with van der Waals surface area (Å²) in [6, 6.07) is 17.3. The highest BCUT2D eigenvalue weighted by Crippen LogP contribution is 2.49. The standard InChI is InChI=1S/C28H30N2S2/c1-27(2)19-11-7-9-13-21(19)29(5)23(27)15-17-25(31)18(26(17)32)16-24-28(3,4)20-12-8-10-14-22(20)30(24)6/h7-17,25H,1-6H3/p+1. The molecule has 0 saturated heterocycles. The maximum absolute atomic E-state index is 5.96. The summed E-state index contributed by atoms with van der Waals surface area (Å²) in [6.45, 7) is 9.19. The first-order valence-electron chi connectivity index (χ1n) is 11.3. The van der Waals surface area contributed by atoms with Crippen LogP contribution in [0.1, 0.15) is 38.8 Å². The van der Waals surface area contributed by atoms with E-state index in [1.807, 2.05) is 0 Å². The van der Waals surface area contributed by atoms with Crippen LogP contribution in [0, 0.1) is 5.92 Å². The zero-order valence-electron chi connectivity index (χ0n) is 19.7. The lowest BCUT2D eigenvalue weighted by Gasteiger charge is -2.38. The van der Waals surface area contributed by atoms with Crippen molar-refractivity contribution in [3.05, 3.63) is 83.1 Å². The fourth-order valence-corrected chi connectivity index (χ4v) is 6.81. The molecule has 2 heterocycles. The van der Waals surface area contributed by atoms with Gasteiger partial charge in [-0.3, -0.25) is 0 Å². The first-order valence-corrected chi connectivity index (χ1v) is 12.2. The highest BCUT2D eigenvalue weighted by Gasteiger charge is 2.47. The molecular weight excluding hydrogens is 428 g/mol. The van der Waals surface area contributed by atoms with E-state index in [-0.39, 0.29) is 22.0 Å². The van der Waals surface area contributed by atoms with Crippen LogP contribution in [0.3, 0.4) is 0 Å². The number of anilines is 1. The Labute approximate surface area is 202 Å². The first kappa shape index (κ1) is 21.7. The van der Waals surface area contributed by atoms with Crippen molar-refractivity contribution in [1.29, 1.82) is 0 Å². The largest absolute Gasteiger partial charge is 0.347 e. The summed E-state index contributed by atoms with van der Waals surface area (Å²) in [7, 11) is 4.32. The van der Waals surface area contributed by atoms with Gasteiger partial charge >= 0.3 is 0 Å². The number of thiocarbonyl (C=S) groups is 1. The van der Waals surface area contributed by atoms with Crippen molar-refractivity contribution >= 4 is 46.8 Å². The van der Waals surface area contributed by atoms with Crippen molar-refractivity contribution in [2.45, 2.75) is 43.8 Å². The van der Waals surface area contributed by atoms with Gasteiger partial charge in [0, 0.05) is 57.6 Å². The number of benzene rings is 2. The highest BCUT2D eigenvalue weighted by atomic mass is 32.1. The van der Waals surface area contributed by atoms with Crippen LogP contribution in [0.5, 0.6) is 0 Å². The third-order valence-corrected chi connectivity index (χ3v) is 8.86. The van der Waals surface area contributed by atoms with E-state index >= 15 is 0 Å². The Bertz CT molecular complexity index is 1250. The van der Waals surface area contributed by atoms with Crippen molar-refractivity contribution < 1.29 is 4.58 Å². The second-order valence-electron chi connectivity index (χ2n) is 10.3. The van der Waals surface area contributed by atoms with E-state index < -0.39 is 0 Å². The van der Waals surface area contributed by atoms with Crippen LogP contribution in [-0.4, -0.2) is 34.5 Å². The molecular formula is C28H31N2S2+. The quantitative estimate of drug-likeness (QED) is 0.246. The monoisotopic (exact) mass is 459 g/mol. The molecule has 2 aliphatic heterocycles. The van der Waals surface area contributed by atoms with Crippen molar-refractivity contribution in [3.63, 3.8) is 0 Å². The van der Waals surface area contributed by atoms with E-state index in [2.05, 4.69) is 112 Å². The number of thiol groups is 1. The van der Waals surface area contributed by atoms with Gasteiger partial charge in [-0.05, 0) is 31.1 Å². The van der Waals surface area contributed by atoms with E-state index in [1.165, 1.54) is 39.5 Å². The topological polar surface area (TPSA) is 6.25 Å². The van der Waals surface area contributed by atoms with Crippen LogP contribution in [0.2, 0.25) is 0 Å². The number of hydrogen-bond acceptors (Lipinski definition) is 3. The fourth-order valence-electron chi connectivity index (χ4n) is 5.78. The first-order chi connectivity index (χ1) is 15.1. The number of fused-ring (bicyclic) bond motifs is 2. The average Bonchev–Trinajstić information content (AvgIpc) is 3.09. The third kappa shape index (κ3) is 2.85. The lowest BCUT2D eigenvalue weighted by atomic mass is 9.73. The van der Waals surface area contributed by atoms with Gasteiger partial charge in [-0.25, -0.2) is 0 Å². The summed E-state index contributed by atoms with van der Waals surface area (Å²) in [5, 5.41) is 0.114. The minimum absolute atomic E-state index is 0.0437. The number of nitrogens with zero attached hydrogens (tertiary/aromatic N) is 2. The molecule has 3 aliphatic rings. The molecule has 5 rings (SSSR count). The molecule has 2 atom stereocenters. The summed E-state index contributed by atoms with van der Waals surface area (Å²) in [5.41, 5.74) is 8.96. The molecule has 164 valence electrons. The Morgan fingerprint density at radius 2 is 1.59 bits per heavy atom. The minimum Gasteiger partial charge on any atom is -0.347 e. The third-order valence-electron chi connectivity index (χ3n) is 7.76. The molecule has 2 nitrogen and oxygen atoms in total. The molecule has 4 heteroatoms. The van der Waals surface area contributed by atoms with Crippen LogP contribution < -0.4 is 4.90 Å². The Balaban J connectivity index is 1.48. The maximum atomic E-state index is 5.96. The predicted octanol–water partition coefficient (Wildman–Crippen LogP) is 6.23. The van der Waals surface area contributed by atoms with Gasteiger partial charge in [0.25, 0.3) is 0 Å². The molecule has 0 aromatic heterocycles. The van der Waals surface area contributed by atoms with Crippen molar-refractivity contribution in [3.8, 4) is 0 Å². The molecule has 2 aromatic carbocycles. The molecule has 0 N–H and O–H groups in total. The van der Waals surface area contributed by atoms with Crippen molar-refractivity contribution in [2.24, 2.45) is 5.92 Å². The van der Waals surface area contributed by atoms with Crippen LogP contribution in [0.25, 0.3) is 0 Å². The molecule has 0 bridgehead atoms. The Hall–Kier alpha value is -2.17. The van der Waals surface area contributed by atoms with Crippen LogP contribution in [0.15, 0.2) is 72.0 Å². The van der Waals surface area contributed by atoms with E-state index in [0.29, 0.717) is 0 Å². The molecule has 0 radical (unpaired) electrons. The summed E-state index contributed by atoms with van der Waals surface area (Å²) >= 11 is 11.0. The van der Waals surface area contributed by atoms with E-state index in [1.54, 1.807) is 0 Å². The number of hydrogen-bond donors (Lipinski definition) is 1. The van der Waals surface area contributed by atoms with E-state index in [0.717, 1.165) is 4.86 Å². The van der Waals surface area contributed by atoms with Gasteiger partial charge in [-0.15, -0.1) is 0 Å². The Morgan fingerprint density at radius 3 is 2.22 bits per heavy atom. The van der Waals surface area contributed by atoms with Crippen LogP contribution in [-0.2, 0) is 10.8 Å². The van der Waals surface area contributed by atoms with E-state index in [4.69, 9.17) is 24.8 Å². The second-order valence-corrected chi connectivity index (χ2v) is 11.3. The average molecular weight is 460 g/mol. The lowest BCUT2D eigenvalue weighted by Crippen LogP contribution is -2.42. The molecule has 1 saturated carbocycles. The van der Waals surface area contributed by atoms with Crippen molar-refractivity contribution in [2.75, 3.05) is 19.0 Å². The highest BCUT2D eigenvalue weighted by molar-refractivity contribution is 7.84.